The van der Waals surface area contributed by atoms with E-state index in [-0.39, 0.29) is 48.6 Å². The topological polar surface area (TPSA) is 213 Å². The van der Waals surface area contributed by atoms with E-state index in [1.807, 2.05) is 55.7 Å². The van der Waals surface area contributed by atoms with Crippen LogP contribution in [0, 0.1) is 17.0 Å². The van der Waals surface area contributed by atoms with Crippen LogP contribution in [0.25, 0.3) is 11.1 Å². The van der Waals surface area contributed by atoms with Crippen molar-refractivity contribution in [3.05, 3.63) is 83.7 Å². The first kappa shape index (κ1) is 48.8. The molecular formula is C38H46BrF5N6O8. The van der Waals surface area contributed by atoms with Crippen molar-refractivity contribution in [2.24, 2.45) is 11.1 Å². The molecule has 20 heteroatoms. The van der Waals surface area contributed by atoms with Crippen LogP contribution >= 0.6 is 15.9 Å². The summed E-state index contributed by atoms with van der Waals surface area (Å²) in [6.07, 6.45) is -3.50. The van der Waals surface area contributed by atoms with Gasteiger partial charge in [-0.2, -0.15) is 13.2 Å². The SMILES string of the molecule is CC(=O)N(CC[C@H](N)C(=O)N[C@H](CNC(=O)CCNC(=O)CBr)C(=O)O)[C@@H](c1cc(-c2cc(F)ccc2F)cn1Cc1ccccc1)C(C)(C)C.O=C(O)C(F)(F)F. The molecule has 0 saturated carbocycles. The van der Waals surface area contributed by atoms with Crippen molar-refractivity contribution in [2.75, 3.05) is 25.0 Å². The van der Waals surface area contributed by atoms with Crippen molar-refractivity contribution in [1.82, 2.24) is 25.4 Å². The molecule has 0 saturated heterocycles. The average Bonchev–Trinajstić information content (AvgIpc) is 3.53. The van der Waals surface area contributed by atoms with Crippen molar-refractivity contribution in [2.45, 2.75) is 71.4 Å². The van der Waals surface area contributed by atoms with E-state index in [1.54, 1.807) is 17.2 Å². The van der Waals surface area contributed by atoms with Crippen LogP contribution in [0.1, 0.15) is 57.8 Å². The zero-order valence-electron chi connectivity index (χ0n) is 32.0. The minimum atomic E-state index is -5.08. The standard InChI is InChI=1S/C36H45BrF2N6O6.C2HF3O2/c1-22(46)45(15-13-28(40)34(49)43-29(35(50)51)19-42-31(47)12-14-41-32(48)18-37)33(36(2,3)4)30-16-24(26-17-25(38)10-11-27(26)39)21-44(30)20-23-8-6-5-7-9-23;3-2(4,5)1(6)7/h5-11,16-17,21,28-29,33H,12-15,18-20,40H2,1-4H3,(H,41,48)(H,42,47)(H,43,49)(H,50,51);(H,6,7)/t28-,29+,33-;/m0./s1. The van der Waals surface area contributed by atoms with Crippen molar-refractivity contribution >= 4 is 51.5 Å². The molecule has 0 aliphatic carbocycles. The van der Waals surface area contributed by atoms with Crippen LogP contribution in [0.3, 0.4) is 0 Å². The van der Waals surface area contributed by atoms with Gasteiger partial charge in [-0.25, -0.2) is 18.4 Å². The van der Waals surface area contributed by atoms with Gasteiger partial charge in [0.05, 0.1) is 17.4 Å². The Hall–Kier alpha value is -5.37. The summed E-state index contributed by atoms with van der Waals surface area (Å²) >= 11 is 2.99. The van der Waals surface area contributed by atoms with Gasteiger partial charge in [-0.05, 0) is 41.7 Å². The van der Waals surface area contributed by atoms with E-state index in [2.05, 4.69) is 31.9 Å². The number of alkyl halides is 4. The lowest BCUT2D eigenvalue weighted by atomic mass is 9.82. The highest BCUT2D eigenvalue weighted by atomic mass is 79.9. The Balaban J connectivity index is 0.00000151. The Morgan fingerprint density at radius 1 is 0.931 bits per heavy atom. The molecule has 58 heavy (non-hydrogen) atoms. The molecule has 0 radical (unpaired) electrons. The molecule has 0 fully saturated rings. The van der Waals surface area contributed by atoms with Gasteiger partial charge in [-0.1, -0.05) is 67.0 Å². The Labute approximate surface area is 339 Å². The second-order valence-corrected chi connectivity index (χ2v) is 14.6. The van der Waals surface area contributed by atoms with Gasteiger partial charge in [-0.3, -0.25) is 19.2 Å². The third kappa shape index (κ3) is 15.5. The van der Waals surface area contributed by atoms with Crippen molar-refractivity contribution in [3.8, 4) is 11.1 Å². The molecule has 318 valence electrons. The van der Waals surface area contributed by atoms with Crippen LogP contribution < -0.4 is 21.7 Å². The van der Waals surface area contributed by atoms with E-state index in [4.69, 9.17) is 15.6 Å². The van der Waals surface area contributed by atoms with E-state index in [0.717, 1.165) is 23.8 Å². The molecule has 2 aromatic carbocycles. The maximum atomic E-state index is 15.0. The number of benzene rings is 2. The number of nitrogens with two attached hydrogens (primary N) is 1. The number of carbonyl (C=O) groups is 6. The largest absolute Gasteiger partial charge is 0.490 e. The molecule has 0 aliphatic rings. The first-order valence-corrected chi connectivity index (χ1v) is 18.7. The predicted octanol–water partition coefficient (Wildman–Crippen LogP) is 4.35. The van der Waals surface area contributed by atoms with E-state index in [1.165, 1.54) is 6.92 Å². The number of carboxylic acid groups (broad SMARTS) is 2. The van der Waals surface area contributed by atoms with Crippen molar-refractivity contribution < 1.29 is 60.9 Å². The van der Waals surface area contributed by atoms with E-state index in [9.17, 15) is 51.0 Å². The molecule has 1 heterocycles. The third-order valence-corrected chi connectivity index (χ3v) is 8.86. The van der Waals surface area contributed by atoms with Gasteiger partial charge in [0.25, 0.3) is 0 Å². The maximum Gasteiger partial charge on any atom is 0.490 e. The molecule has 0 aliphatic heterocycles. The molecule has 0 spiro atoms. The summed E-state index contributed by atoms with van der Waals surface area (Å²) in [7, 11) is 0. The minimum absolute atomic E-state index is 0.000622. The van der Waals surface area contributed by atoms with Gasteiger partial charge >= 0.3 is 18.1 Å². The number of hydrogen-bond donors (Lipinski definition) is 6. The summed E-state index contributed by atoms with van der Waals surface area (Å²) in [6, 6.07) is 11.1. The van der Waals surface area contributed by atoms with Gasteiger partial charge < -0.3 is 41.4 Å². The second-order valence-electron chi connectivity index (χ2n) is 14.0. The summed E-state index contributed by atoms with van der Waals surface area (Å²) in [6.45, 7) is 7.19. The van der Waals surface area contributed by atoms with E-state index in [0.29, 0.717) is 17.8 Å². The second kappa shape index (κ2) is 22.0. The van der Waals surface area contributed by atoms with Gasteiger partial charge in [0, 0.05) is 62.5 Å². The Kier molecular flexibility index (Phi) is 18.5. The van der Waals surface area contributed by atoms with Crippen LogP contribution in [0.15, 0.2) is 60.8 Å². The first-order chi connectivity index (χ1) is 27.0. The molecule has 7 N–H and O–H groups in total. The highest BCUT2D eigenvalue weighted by Gasteiger charge is 2.38. The Bertz CT molecular complexity index is 1910. The number of carbonyl (C=O) groups excluding carboxylic acids is 4. The molecule has 3 aromatic rings. The van der Waals surface area contributed by atoms with Crippen molar-refractivity contribution in [1.29, 1.82) is 0 Å². The fraction of sp³-hybridized carbons (Fsp3) is 0.421. The normalized spacial score (nSPS) is 12.9. The third-order valence-electron chi connectivity index (χ3n) is 8.36. The van der Waals surface area contributed by atoms with Gasteiger partial charge in [0.15, 0.2) is 0 Å². The molecule has 1 aromatic heterocycles. The Morgan fingerprint density at radius 3 is 2.09 bits per heavy atom. The van der Waals surface area contributed by atoms with E-state index < -0.39 is 71.6 Å². The molecule has 3 atom stereocenters. The number of nitrogens with one attached hydrogen (secondary N) is 3. The zero-order valence-corrected chi connectivity index (χ0v) is 33.6. The van der Waals surface area contributed by atoms with Crippen LogP contribution in [0.2, 0.25) is 0 Å². The van der Waals surface area contributed by atoms with Gasteiger partial charge in [0.2, 0.25) is 23.6 Å². The zero-order chi connectivity index (χ0) is 44.0. The highest BCUT2D eigenvalue weighted by Crippen LogP contribution is 2.41. The maximum absolute atomic E-state index is 15.0. The van der Waals surface area contributed by atoms with Gasteiger partial charge in [0.1, 0.15) is 17.7 Å². The lowest BCUT2D eigenvalue weighted by Gasteiger charge is -2.41. The van der Waals surface area contributed by atoms with Crippen LogP contribution in [-0.4, -0.2) is 98.5 Å². The van der Waals surface area contributed by atoms with Gasteiger partial charge in [-0.15, -0.1) is 0 Å². The smallest absolute Gasteiger partial charge is 0.480 e. The number of nitrogens with zero attached hydrogens (tertiary/aromatic N) is 2. The lowest BCUT2D eigenvalue weighted by Crippen LogP contribution is -2.53. The molecule has 0 unspecified atom stereocenters. The molecule has 4 amide bonds. The molecule has 14 nitrogen and oxygen atoms in total. The first-order valence-electron chi connectivity index (χ1n) is 17.6. The minimum Gasteiger partial charge on any atom is -0.480 e. The fourth-order valence-corrected chi connectivity index (χ4v) is 5.83. The molecule has 3 rings (SSSR count). The number of aromatic nitrogens is 1. The number of halogens is 6. The molecular weight excluding hydrogens is 843 g/mol. The quantitative estimate of drug-likeness (QED) is 0.0839. The summed E-state index contributed by atoms with van der Waals surface area (Å²) in [5.74, 6) is -7.32. The number of amides is 4. The van der Waals surface area contributed by atoms with E-state index >= 15 is 0 Å². The van der Waals surface area contributed by atoms with Crippen molar-refractivity contribution in [3.63, 3.8) is 0 Å². The average molecular weight is 890 g/mol. The molecule has 0 bridgehead atoms. The number of carboxylic acids is 2. The Morgan fingerprint density at radius 2 is 1.55 bits per heavy atom. The van der Waals surface area contributed by atoms with Crippen LogP contribution in [0.5, 0.6) is 0 Å². The summed E-state index contributed by atoms with van der Waals surface area (Å²) in [4.78, 5) is 72.1. The highest BCUT2D eigenvalue weighted by molar-refractivity contribution is 9.09. The monoisotopic (exact) mass is 888 g/mol. The van der Waals surface area contributed by atoms with Crippen LogP contribution in [0.4, 0.5) is 22.0 Å². The number of aliphatic carboxylic acids is 2. The van der Waals surface area contributed by atoms with Crippen LogP contribution in [-0.2, 0) is 35.3 Å². The fourth-order valence-electron chi connectivity index (χ4n) is 5.64. The number of hydrogen-bond acceptors (Lipinski definition) is 7. The lowest BCUT2D eigenvalue weighted by molar-refractivity contribution is -0.192. The summed E-state index contributed by atoms with van der Waals surface area (Å²) in [5, 5.41) is 24.1. The summed E-state index contributed by atoms with van der Waals surface area (Å²) < 4.78 is 62.9. The number of rotatable bonds is 17. The predicted molar refractivity (Wildman–Crippen MR) is 205 cm³/mol. The summed E-state index contributed by atoms with van der Waals surface area (Å²) in [5.41, 5.74) is 7.67.